The van der Waals surface area contributed by atoms with Crippen molar-refractivity contribution < 1.29 is 8.42 Å². The van der Waals surface area contributed by atoms with Crippen LogP contribution in [0.15, 0.2) is 54.6 Å². The Labute approximate surface area is 169 Å². The Kier molecular flexibility index (Phi) is 5.59. The number of rotatable bonds is 5. The van der Waals surface area contributed by atoms with Crippen molar-refractivity contribution >= 4 is 10.0 Å². The summed E-state index contributed by atoms with van der Waals surface area (Å²) in [5.41, 5.74) is 3.34. The molecule has 4 nitrogen and oxygen atoms in total. The Bertz CT molecular complexity index is 880. The topological polar surface area (TPSA) is 40.6 Å². The predicted octanol–water partition coefficient (Wildman–Crippen LogP) is 3.91. The third-order valence-electron chi connectivity index (χ3n) is 6.44. The monoisotopic (exact) mass is 398 g/mol. The molecule has 5 heteroatoms. The molecule has 0 N–H and O–H groups in total. The van der Waals surface area contributed by atoms with Crippen LogP contribution in [0.4, 0.5) is 0 Å². The summed E-state index contributed by atoms with van der Waals surface area (Å²) in [5, 5.41) is 0. The number of aryl methyl sites for hydroxylation is 1. The second-order valence-electron chi connectivity index (χ2n) is 8.23. The van der Waals surface area contributed by atoms with Gasteiger partial charge in [0.05, 0.1) is 5.75 Å². The van der Waals surface area contributed by atoms with Crippen molar-refractivity contribution in [3.63, 3.8) is 0 Å². The number of nitrogens with zero attached hydrogens (tertiary/aromatic N) is 2. The van der Waals surface area contributed by atoms with Gasteiger partial charge in [0, 0.05) is 18.6 Å². The minimum absolute atomic E-state index is 0.0202. The van der Waals surface area contributed by atoms with Gasteiger partial charge in [0.1, 0.15) is 0 Å². The first-order valence-corrected chi connectivity index (χ1v) is 11.9. The SMILES string of the molecule is Cc1ccc(CS(=O)(=O)N2CCC(c3ccccc3)(N3CCCC3)CC2)cc1. The van der Waals surface area contributed by atoms with E-state index in [1.807, 2.05) is 31.2 Å². The maximum Gasteiger partial charge on any atom is 0.218 e. The average Bonchev–Trinajstić information content (AvgIpc) is 3.26. The Balaban J connectivity index is 1.52. The van der Waals surface area contributed by atoms with Crippen LogP contribution in [-0.2, 0) is 21.3 Å². The zero-order chi connectivity index (χ0) is 19.6. The molecule has 2 aromatic rings. The fourth-order valence-corrected chi connectivity index (χ4v) is 6.34. The van der Waals surface area contributed by atoms with Crippen LogP contribution in [-0.4, -0.2) is 43.8 Å². The van der Waals surface area contributed by atoms with E-state index in [-0.39, 0.29) is 11.3 Å². The first kappa shape index (κ1) is 19.6. The quantitative estimate of drug-likeness (QED) is 0.767. The van der Waals surface area contributed by atoms with Gasteiger partial charge in [-0.2, -0.15) is 0 Å². The molecule has 150 valence electrons. The Morgan fingerprint density at radius 3 is 2.07 bits per heavy atom. The zero-order valence-corrected chi connectivity index (χ0v) is 17.5. The van der Waals surface area contributed by atoms with E-state index in [1.165, 1.54) is 18.4 Å². The summed E-state index contributed by atoms with van der Waals surface area (Å²) < 4.78 is 27.8. The van der Waals surface area contributed by atoms with Gasteiger partial charge in [0.15, 0.2) is 0 Å². The van der Waals surface area contributed by atoms with Gasteiger partial charge in [-0.05, 0) is 56.8 Å². The molecule has 2 saturated heterocycles. The molecule has 0 atom stereocenters. The average molecular weight is 399 g/mol. The molecule has 2 fully saturated rings. The Morgan fingerprint density at radius 2 is 1.46 bits per heavy atom. The minimum Gasteiger partial charge on any atom is -0.293 e. The second-order valence-corrected chi connectivity index (χ2v) is 10.2. The number of piperidine rings is 1. The molecule has 28 heavy (non-hydrogen) atoms. The van der Waals surface area contributed by atoms with Crippen molar-refractivity contribution in [1.82, 2.24) is 9.21 Å². The van der Waals surface area contributed by atoms with E-state index in [4.69, 9.17) is 0 Å². The van der Waals surface area contributed by atoms with Crippen LogP contribution < -0.4 is 0 Å². The normalized spacial score (nSPS) is 21.0. The summed E-state index contributed by atoms with van der Waals surface area (Å²) in [6.07, 6.45) is 4.21. The molecule has 0 bridgehead atoms. The van der Waals surface area contributed by atoms with Crippen molar-refractivity contribution in [2.45, 2.75) is 43.9 Å². The van der Waals surface area contributed by atoms with Crippen LogP contribution in [0.2, 0.25) is 0 Å². The molecule has 0 spiro atoms. The molecular formula is C23H30N2O2S. The highest BCUT2D eigenvalue weighted by Gasteiger charge is 2.44. The molecule has 0 amide bonds. The molecule has 0 aromatic heterocycles. The number of likely N-dealkylation sites (tertiary alicyclic amines) is 1. The Morgan fingerprint density at radius 1 is 0.857 bits per heavy atom. The van der Waals surface area contributed by atoms with Gasteiger partial charge in [0.2, 0.25) is 10.0 Å². The highest BCUT2D eigenvalue weighted by atomic mass is 32.2. The number of hydrogen-bond acceptors (Lipinski definition) is 3. The maximum atomic E-state index is 13.0. The molecule has 0 radical (unpaired) electrons. The highest BCUT2D eigenvalue weighted by Crippen LogP contribution is 2.41. The van der Waals surface area contributed by atoms with E-state index in [1.54, 1.807) is 4.31 Å². The largest absolute Gasteiger partial charge is 0.293 e. The first-order chi connectivity index (χ1) is 13.5. The second kappa shape index (κ2) is 7.97. The van der Waals surface area contributed by atoms with Gasteiger partial charge >= 0.3 is 0 Å². The van der Waals surface area contributed by atoms with Crippen LogP contribution in [0.3, 0.4) is 0 Å². The number of benzene rings is 2. The number of hydrogen-bond donors (Lipinski definition) is 0. The van der Waals surface area contributed by atoms with Gasteiger partial charge in [0.25, 0.3) is 0 Å². The summed E-state index contributed by atoms with van der Waals surface area (Å²) >= 11 is 0. The highest BCUT2D eigenvalue weighted by molar-refractivity contribution is 7.88. The zero-order valence-electron chi connectivity index (χ0n) is 16.7. The molecule has 0 aliphatic carbocycles. The van der Waals surface area contributed by atoms with Crippen LogP contribution in [0, 0.1) is 6.92 Å². The summed E-state index contributed by atoms with van der Waals surface area (Å²) in [6.45, 7) is 5.44. The molecule has 2 aliphatic heterocycles. The van der Waals surface area contributed by atoms with E-state index < -0.39 is 10.0 Å². The van der Waals surface area contributed by atoms with E-state index in [9.17, 15) is 8.42 Å². The van der Waals surface area contributed by atoms with E-state index in [0.717, 1.165) is 37.1 Å². The molecule has 2 aromatic carbocycles. The fourth-order valence-electron chi connectivity index (χ4n) is 4.80. The molecule has 0 saturated carbocycles. The predicted molar refractivity (Wildman–Crippen MR) is 114 cm³/mol. The van der Waals surface area contributed by atoms with Crippen LogP contribution in [0.1, 0.15) is 42.4 Å². The van der Waals surface area contributed by atoms with Crippen LogP contribution in [0.5, 0.6) is 0 Å². The third kappa shape index (κ3) is 3.88. The van der Waals surface area contributed by atoms with E-state index in [2.05, 4.69) is 35.2 Å². The molecule has 4 rings (SSSR count). The smallest absolute Gasteiger partial charge is 0.218 e. The van der Waals surface area contributed by atoms with Gasteiger partial charge in [-0.25, -0.2) is 12.7 Å². The van der Waals surface area contributed by atoms with Gasteiger partial charge in [-0.3, -0.25) is 4.90 Å². The lowest BCUT2D eigenvalue weighted by molar-refractivity contribution is 0.0572. The lowest BCUT2D eigenvalue weighted by Gasteiger charge is -2.47. The molecule has 2 heterocycles. The van der Waals surface area contributed by atoms with Gasteiger partial charge in [-0.1, -0.05) is 60.2 Å². The lowest BCUT2D eigenvalue weighted by atomic mass is 9.80. The molecule has 0 unspecified atom stereocenters. The van der Waals surface area contributed by atoms with Crippen molar-refractivity contribution in [3.8, 4) is 0 Å². The van der Waals surface area contributed by atoms with Gasteiger partial charge in [-0.15, -0.1) is 0 Å². The Hall–Kier alpha value is -1.69. The maximum absolute atomic E-state index is 13.0. The summed E-state index contributed by atoms with van der Waals surface area (Å²) in [7, 11) is -3.29. The van der Waals surface area contributed by atoms with Crippen LogP contribution in [0.25, 0.3) is 0 Å². The number of sulfonamides is 1. The first-order valence-electron chi connectivity index (χ1n) is 10.3. The minimum atomic E-state index is -3.29. The third-order valence-corrected chi connectivity index (χ3v) is 8.29. The summed E-state index contributed by atoms with van der Waals surface area (Å²) in [4.78, 5) is 2.60. The van der Waals surface area contributed by atoms with Crippen molar-refractivity contribution in [2.75, 3.05) is 26.2 Å². The molecular weight excluding hydrogens is 368 g/mol. The van der Waals surface area contributed by atoms with Crippen LogP contribution >= 0.6 is 0 Å². The van der Waals surface area contributed by atoms with Gasteiger partial charge < -0.3 is 0 Å². The fraction of sp³-hybridized carbons (Fsp3) is 0.478. The van der Waals surface area contributed by atoms with Crippen molar-refractivity contribution in [2.24, 2.45) is 0 Å². The lowest BCUT2D eigenvalue weighted by Crippen LogP contribution is -2.53. The standard InChI is InChI=1S/C23H30N2O2S/c1-20-9-11-21(12-10-20)19-28(26,27)25-17-13-23(14-18-25,24-15-5-6-16-24)22-7-3-2-4-8-22/h2-4,7-12H,5-6,13-19H2,1H3. The van der Waals surface area contributed by atoms with Crippen molar-refractivity contribution in [3.05, 3.63) is 71.3 Å². The van der Waals surface area contributed by atoms with E-state index >= 15 is 0 Å². The summed E-state index contributed by atoms with van der Waals surface area (Å²) in [6, 6.07) is 18.5. The van der Waals surface area contributed by atoms with Crippen molar-refractivity contribution in [1.29, 1.82) is 0 Å². The molecule has 2 aliphatic rings. The summed E-state index contributed by atoms with van der Waals surface area (Å²) in [5.74, 6) is 0.0926. The van der Waals surface area contributed by atoms with E-state index in [0.29, 0.717) is 13.1 Å².